The third-order valence-electron chi connectivity index (χ3n) is 2.41. The summed E-state index contributed by atoms with van der Waals surface area (Å²) in [5, 5.41) is 2.11. The molecular formula is C14H10O. The number of terminal acetylenes is 1. The lowest BCUT2D eigenvalue weighted by Gasteiger charge is -2.01. The number of Topliss-reactive ketones (excluding diaryl/α,β-unsaturated/α-hetero) is 1. The van der Waals surface area contributed by atoms with Crippen LogP contribution in [-0.2, 0) is 0 Å². The zero-order chi connectivity index (χ0) is 10.8. The normalized spacial score (nSPS) is 9.87. The van der Waals surface area contributed by atoms with Gasteiger partial charge in [-0.1, -0.05) is 24.1 Å². The van der Waals surface area contributed by atoms with Crippen molar-refractivity contribution in [1.29, 1.82) is 0 Å². The number of ketones is 1. The Hall–Kier alpha value is -2.07. The topological polar surface area (TPSA) is 17.1 Å². The van der Waals surface area contributed by atoms with Crippen LogP contribution in [0, 0.1) is 12.3 Å². The summed E-state index contributed by atoms with van der Waals surface area (Å²) >= 11 is 0. The van der Waals surface area contributed by atoms with Gasteiger partial charge in [0, 0.05) is 11.1 Å². The molecule has 0 heterocycles. The Bertz CT molecular complexity index is 573. The van der Waals surface area contributed by atoms with Crippen molar-refractivity contribution in [1.82, 2.24) is 0 Å². The highest BCUT2D eigenvalue weighted by atomic mass is 16.1. The summed E-state index contributed by atoms with van der Waals surface area (Å²) in [6.07, 6.45) is 5.31. The minimum atomic E-state index is 0.0814. The van der Waals surface area contributed by atoms with Crippen molar-refractivity contribution < 1.29 is 4.79 Å². The van der Waals surface area contributed by atoms with Gasteiger partial charge in [-0.2, -0.15) is 0 Å². The summed E-state index contributed by atoms with van der Waals surface area (Å²) < 4.78 is 0. The highest BCUT2D eigenvalue weighted by molar-refractivity contribution is 5.98. The maximum absolute atomic E-state index is 11.2. The Morgan fingerprint density at radius 1 is 1.13 bits per heavy atom. The molecule has 1 heteroatoms. The van der Waals surface area contributed by atoms with Gasteiger partial charge in [0.1, 0.15) is 0 Å². The van der Waals surface area contributed by atoms with Gasteiger partial charge in [0.2, 0.25) is 0 Å². The van der Waals surface area contributed by atoms with Gasteiger partial charge in [-0.25, -0.2) is 0 Å². The van der Waals surface area contributed by atoms with Crippen LogP contribution in [0.5, 0.6) is 0 Å². The van der Waals surface area contributed by atoms with E-state index in [1.165, 1.54) is 0 Å². The van der Waals surface area contributed by atoms with E-state index in [0.717, 1.165) is 21.9 Å². The Balaban J connectivity index is 2.66. The fourth-order valence-corrected chi connectivity index (χ4v) is 1.55. The predicted molar refractivity (Wildman–Crippen MR) is 61.9 cm³/mol. The molecule has 0 bridgehead atoms. The van der Waals surface area contributed by atoms with Crippen LogP contribution < -0.4 is 0 Å². The fourth-order valence-electron chi connectivity index (χ4n) is 1.55. The molecule has 2 aromatic carbocycles. The van der Waals surface area contributed by atoms with Crippen molar-refractivity contribution in [2.75, 3.05) is 0 Å². The number of hydrogen-bond donors (Lipinski definition) is 0. The van der Waals surface area contributed by atoms with Crippen molar-refractivity contribution in [2.45, 2.75) is 6.92 Å². The molecule has 0 spiro atoms. The molecule has 15 heavy (non-hydrogen) atoms. The number of hydrogen-bond acceptors (Lipinski definition) is 1. The van der Waals surface area contributed by atoms with Crippen LogP contribution in [0.1, 0.15) is 22.8 Å². The molecule has 0 saturated heterocycles. The van der Waals surface area contributed by atoms with E-state index in [4.69, 9.17) is 6.42 Å². The van der Waals surface area contributed by atoms with Gasteiger partial charge < -0.3 is 0 Å². The molecule has 72 valence electrons. The minimum Gasteiger partial charge on any atom is -0.295 e. The molecule has 0 fully saturated rings. The Morgan fingerprint density at radius 3 is 2.47 bits per heavy atom. The zero-order valence-corrected chi connectivity index (χ0v) is 8.45. The molecule has 0 atom stereocenters. The Labute approximate surface area is 88.7 Å². The number of carbonyl (C=O) groups excluding carboxylic acids is 1. The highest BCUT2D eigenvalue weighted by Crippen LogP contribution is 2.17. The average molecular weight is 194 g/mol. The molecule has 2 rings (SSSR count). The van der Waals surface area contributed by atoms with E-state index in [0.29, 0.717) is 0 Å². The molecule has 0 radical (unpaired) electrons. The van der Waals surface area contributed by atoms with E-state index in [1.807, 2.05) is 36.4 Å². The highest BCUT2D eigenvalue weighted by Gasteiger charge is 2.00. The zero-order valence-electron chi connectivity index (χ0n) is 8.45. The van der Waals surface area contributed by atoms with E-state index in [1.54, 1.807) is 6.92 Å². The van der Waals surface area contributed by atoms with Crippen LogP contribution in [0.4, 0.5) is 0 Å². The number of carbonyl (C=O) groups is 1. The fraction of sp³-hybridized carbons (Fsp3) is 0.0714. The van der Waals surface area contributed by atoms with Crippen LogP contribution in [0.2, 0.25) is 0 Å². The molecule has 0 N–H and O–H groups in total. The molecule has 0 aliphatic heterocycles. The van der Waals surface area contributed by atoms with Gasteiger partial charge in [-0.05, 0) is 35.9 Å². The smallest absolute Gasteiger partial charge is 0.159 e. The predicted octanol–water partition coefficient (Wildman–Crippen LogP) is 3.02. The molecule has 0 saturated carbocycles. The van der Waals surface area contributed by atoms with Crippen LogP contribution >= 0.6 is 0 Å². The standard InChI is InChI=1S/C14H10O/c1-3-11-4-5-14-9-12(10(2)15)6-7-13(14)8-11/h1,4-9H,2H3. The molecule has 0 aliphatic rings. The Kier molecular flexibility index (Phi) is 2.27. The molecular weight excluding hydrogens is 184 g/mol. The van der Waals surface area contributed by atoms with Crippen molar-refractivity contribution in [3.05, 3.63) is 47.5 Å². The third kappa shape index (κ3) is 1.75. The first-order chi connectivity index (χ1) is 7.20. The van der Waals surface area contributed by atoms with E-state index >= 15 is 0 Å². The van der Waals surface area contributed by atoms with Gasteiger partial charge in [0.05, 0.1) is 0 Å². The molecule has 0 unspecified atom stereocenters. The van der Waals surface area contributed by atoms with Gasteiger partial charge in [-0.3, -0.25) is 4.79 Å². The molecule has 0 aliphatic carbocycles. The molecule has 0 aromatic heterocycles. The second-order valence-electron chi connectivity index (χ2n) is 3.48. The second kappa shape index (κ2) is 3.59. The number of fused-ring (bicyclic) bond motifs is 1. The van der Waals surface area contributed by atoms with Crippen LogP contribution in [0.25, 0.3) is 10.8 Å². The first-order valence-electron chi connectivity index (χ1n) is 4.72. The SMILES string of the molecule is C#Cc1ccc2cc(C(C)=O)ccc2c1. The van der Waals surface area contributed by atoms with Crippen molar-refractivity contribution >= 4 is 16.6 Å². The summed E-state index contributed by atoms with van der Waals surface area (Å²) in [5.41, 5.74) is 1.59. The van der Waals surface area contributed by atoms with Crippen molar-refractivity contribution in [3.63, 3.8) is 0 Å². The van der Waals surface area contributed by atoms with Crippen LogP contribution in [0.3, 0.4) is 0 Å². The van der Waals surface area contributed by atoms with E-state index in [2.05, 4.69) is 5.92 Å². The summed E-state index contributed by atoms with van der Waals surface area (Å²) in [6, 6.07) is 11.4. The first kappa shape index (κ1) is 9.48. The number of benzene rings is 2. The largest absolute Gasteiger partial charge is 0.295 e. The maximum Gasteiger partial charge on any atom is 0.159 e. The summed E-state index contributed by atoms with van der Waals surface area (Å²) in [7, 11) is 0. The first-order valence-corrected chi connectivity index (χ1v) is 4.72. The van der Waals surface area contributed by atoms with E-state index in [9.17, 15) is 4.79 Å². The summed E-state index contributed by atoms with van der Waals surface area (Å²) in [6.45, 7) is 1.57. The quantitative estimate of drug-likeness (QED) is 0.503. The van der Waals surface area contributed by atoms with Gasteiger partial charge in [0.15, 0.2) is 5.78 Å². The van der Waals surface area contributed by atoms with Gasteiger partial charge in [-0.15, -0.1) is 6.42 Å². The lowest BCUT2D eigenvalue weighted by molar-refractivity contribution is 0.101. The van der Waals surface area contributed by atoms with Crippen LogP contribution in [0.15, 0.2) is 36.4 Å². The molecule has 2 aromatic rings. The monoisotopic (exact) mass is 194 g/mol. The maximum atomic E-state index is 11.2. The van der Waals surface area contributed by atoms with Crippen molar-refractivity contribution in [2.24, 2.45) is 0 Å². The average Bonchev–Trinajstić information content (AvgIpc) is 2.27. The summed E-state index contributed by atoms with van der Waals surface area (Å²) in [4.78, 5) is 11.2. The molecule has 1 nitrogen and oxygen atoms in total. The lowest BCUT2D eigenvalue weighted by atomic mass is 10.0. The summed E-state index contributed by atoms with van der Waals surface area (Å²) in [5.74, 6) is 2.67. The molecule has 0 amide bonds. The van der Waals surface area contributed by atoms with Crippen molar-refractivity contribution in [3.8, 4) is 12.3 Å². The number of rotatable bonds is 1. The van der Waals surface area contributed by atoms with Gasteiger partial charge >= 0.3 is 0 Å². The third-order valence-corrected chi connectivity index (χ3v) is 2.41. The lowest BCUT2D eigenvalue weighted by Crippen LogP contribution is -1.90. The van der Waals surface area contributed by atoms with Gasteiger partial charge in [0.25, 0.3) is 0 Å². The van der Waals surface area contributed by atoms with E-state index < -0.39 is 0 Å². The van der Waals surface area contributed by atoms with E-state index in [-0.39, 0.29) is 5.78 Å². The minimum absolute atomic E-state index is 0.0814. The second-order valence-corrected chi connectivity index (χ2v) is 3.48. The van der Waals surface area contributed by atoms with Crippen LogP contribution in [-0.4, -0.2) is 5.78 Å². The Morgan fingerprint density at radius 2 is 1.80 bits per heavy atom.